The van der Waals surface area contributed by atoms with Gasteiger partial charge >= 0.3 is 5.97 Å². The molecule has 26 nitrogen and oxygen atoms in total. The number of fused-ring (bicyclic) bond motifs is 1. The van der Waals surface area contributed by atoms with Crippen molar-refractivity contribution in [2.24, 2.45) is 17.2 Å². The summed E-state index contributed by atoms with van der Waals surface area (Å²) in [5.41, 5.74) is 18.7. The van der Waals surface area contributed by atoms with E-state index in [9.17, 15) is 48.3 Å². The number of carbonyl (C=O) groups excluding carboxylic acids is 8. The number of aromatic amines is 1. The number of H-pyrrole nitrogens is 1. The highest BCUT2D eigenvalue weighted by molar-refractivity contribution is 5.98. The van der Waals surface area contributed by atoms with Gasteiger partial charge in [-0.15, -0.1) is 0 Å². The van der Waals surface area contributed by atoms with Gasteiger partial charge in [0.15, 0.2) is 11.9 Å². The standard InChI is InChI=1S/C50H74N16O10/c1-29(67)60-34(17-9-24-57-49(52)53)42(69)63-37-20-21-41(68)56-23-11-19-38(48(75)76)64-47(74)40(27-31-28-59-33-15-6-5-14-32(31)33)66-44(71)36(18-10-25-58-50(54)55)62-46(73)39(26-30-12-3-2-4-13-30)65-43(70)35(61-45(37)72)16-7-8-22-51/h2-6,12-15,28,34-40,59H,7-11,16-27,51H2,1H3,(H,56,68)(H,60,67)(H,61,72)(H,62,73)(H,63,69)(H,64,74)(H,65,70)(H,66,71)(H,75,76)(H4,52,53,57)(H4,54,55,58)/t34-,35-,36-,37-,38?,39?,40-/m0/s1. The molecule has 2 heterocycles. The van der Waals surface area contributed by atoms with Crippen molar-refractivity contribution >= 4 is 76.0 Å². The van der Waals surface area contributed by atoms with Crippen molar-refractivity contribution < 1.29 is 48.3 Å². The van der Waals surface area contributed by atoms with Crippen molar-refractivity contribution in [3.05, 3.63) is 71.9 Å². The number of hydrogen-bond donors (Lipinski definition) is 17. The highest BCUT2D eigenvalue weighted by Gasteiger charge is 2.35. The van der Waals surface area contributed by atoms with Crippen molar-refractivity contribution in [3.63, 3.8) is 0 Å². The molecule has 1 saturated heterocycles. The fourth-order valence-corrected chi connectivity index (χ4v) is 8.45. The molecule has 4 rings (SSSR count). The highest BCUT2D eigenvalue weighted by atomic mass is 16.4. The van der Waals surface area contributed by atoms with Crippen LogP contribution in [0.4, 0.5) is 0 Å². The lowest BCUT2D eigenvalue weighted by Crippen LogP contribution is -2.60. The van der Waals surface area contributed by atoms with Gasteiger partial charge in [0, 0.05) is 62.9 Å². The van der Waals surface area contributed by atoms with Crippen LogP contribution in [0.5, 0.6) is 0 Å². The Bertz CT molecular complexity index is 2490. The summed E-state index contributed by atoms with van der Waals surface area (Å²) >= 11 is 0. The number of rotatable bonds is 20. The number of hydrogen-bond acceptors (Lipinski definition) is 12. The first-order valence-corrected chi connectivity index (χ1v) is 25.4. The number of unbranched alkanes of at least 4 members (excludes halogenated alkanes) is 1. The van der Waals surface area contributed by atoms with Gasteiger partial charge in [0.25, 0.3) is 0 Å². The number of nitrogens with one attached hydrogen (secondary N) is 13. The molecule has 20 N–H and O–H groups in total. The molecule has 3 aromatic rings. The summed E-state index contributed by atoms with van der Waals surface area (Å²) in [6.45, 7) is 1.67. The van der Waals surface area contributed by atoms with Crippen LogP contribution in [-0.4, -0.2) is 144 Å². The van der Waals surface area contributed by atoms with E-state index in [0.29, 0.717) is 24.0 Å². The maximum Gasteiger partial charge on any atom is 0.326 e. The predicted molar refractivity (Wildman–Crippen MR) is 282 cm³/mol. The highest BCUT2D eigenvalue weighted by Crippen LogP contribution is 2.20. The minimum atomic E-state index is -1.49. The van der Waals surface area contributed by atoms with Crippen molar-refractivity contribution in [2.75, 3.05) is 26.2 Å². The van der Waals surface area contributed by atoms with E-state index in [4.69, 9.17) is 28.0 Å². The fourth-order valence-electron chi connectivity index (χ4n) is 8.45. The molecule has 8 amide bonds. The zero-order chi connectivity index (χ0) is 55.6. The van der Waals surface area contributed by atoms with E-state index in [1.165, 1.54) is 6.92 Å². The number of carboxylic acids is 1. The summed E-state index contributed by atoms with van der Waals surface area (Å²) < 4.78 is 0. The SMILES string of the molecule is CC(=O)N[C@@H](CCCNC(=N)N)C(=O)N[C@H]1CCC(=O)NCCCC(C(=O)O)NC(=O)[C@H](Cc2c[nH]c3ccccc23)NC(=O)[C@H](CCCNC(=N)N)NC(=O)C(Cc2ccccc2)NC(=O)[C@H](CCCCN)NC1=O. The zero-order valence-electron chi connectivity index (χ0n) is 42.7. The second-order valence-corrected chi connectivity index (χ2v) is 18.5. The van der Waals surface area contributed by atoms with Crippen molar-refractivity contribution in [1.29, 1.82) is 10.8 Å². The van der Waals surface area contributed by atoms with Crippen LogP contribution in [0.1, 0.15) is 88.7 Å². The van der Waals surface area contributed by atoms with Crippen LogP contribution in [0.15, 0.2) is 60.8 Å². The Morgan fingerprint density at radius 2 is 1.29 bits per heavy atom. The van der Waals surface area contributed by atoms with Gasteiger partial charge in [-0.1, -0.05) is 48.5 Å². The summed E-state index contributed by atoms with van der Waals surface area (Å²) in [5.74, 6) is -8.18. The van der Waals surface area contributed by atoms with Gasteiger partial charge in [0.05, 0.1) is 0 Å². The van der Waals surface area contributed by atoms with Gasteiger partial charge in [0.2, 0.25) is 47.3 Å². The Morgan fingerprint density at radius 3 is 1.93 bits per heavy atom. The zero-order valence-corrected chi connectivity index (χ0v) is 42.7. The Balaban J connectivity index is 1.77. The molecule has 76 heavy (non-hydrogen) atoms. The minimum Gasteiger partial charge on any atom is -0.480 e. The van der Waals surface area contributed by atoms with Gasteiger partial charge < -0.3 is 80.5 Å². The number of benzene rings is 2. The molecule has 26 heteroatoms. The van der Waals surface area contributed by atoms with Crippen LogP contribution >= 0.6 is 0 Å². The van der Waals surface area contributed by atoms with E-state index in [1.54, 1.807) is 42.6 Å². The number of amides is 8. The molecule has 0 aliphatic carbocycles. The quantitative estimate of drug-likeness (QED) is 0.0324. The molecular formula is C50H74N16O10. The first-order chi connectivity index (χ1) is 36.3. The Labute approximate surface area is 440 Å². The van der Waals surface area contributed by atoms with E-state index in [1.807, 2.05) is 18.2 Å². The third-order valence-electron chi connectivity index (χ3n) is 12.4. The van der Waals surface area contributed by atoms with Crippen LogP contribution in [0.25, 0.3) is 10.9 Å². The molecule has 1 aliphatic heterocycles. The van der Waals surface area contributed by atoms with Gasteiger partial charge in [-0.25, -0.2) is 4.79 Å². The third-order valence-corrected chi connectivity index (χ3v) is 12.4. The fraction of sp³-hybridized carbons (Fsp3) is 0.500. The summed E-state index contributed by atoms with van der Waals surface area (Å²) in [6.07, 6.45) is 1.85. The van der Waals surface area contributed by atoms with Crippen LogP contribution in [-0.2, 0) is 56.0 Å². The molecule has 0 bridgehead atoms. The monoisotopic (exact) mass is 1060 g/mol. The minimum absolute atomic E-state index is 0.0126. The molecule has 1 aromatic heterocycles. The maximum atomic E-state index is 14.6. The number of para-hydroxylation sites is 1. The molecule has 414 valence electrons. The van der Waals surface area contributed by atoms with Crippen LogP contribution in [0.2, 0.25) is 0 Å². The second kappa shape index (κ2) is 31.4. The third kappa shape index (κ3) is 20.9. The van der Waals surface area contributed by atoms with E-state index >= 15 is 0 Å². The van der Waals surface area contributed by atoms with Crippen LogP contribution in [0, 0.1) is 10.8 Å². The number of carboxylic acid groups (broad SMARTS) is 1. The Kier molecular flexibility index (Phi) is 24.9. The van der Waals surface area contributed by atoms with E-state index in [2.05, 4.69) is 58.2 Å². The predicted octanol–water partition coefficient (Wildman–Crippen LogP) is -2.20. The second-order valence-electron chi connectivity index (χ2n) is 18.5. The lowest BCUT2D eigenvalue weighted by Gasteiger charge is -2.28. The molecule has 2 unspecified atom stereocenters. The Morgan fingerprint density at radius 1 is 0.711 bits per heavy atom. The van der Waals surface area contributed by atoms with Crippen LogP contribution in [0.3, 0.4) is 0 Å². The lowest BCUT2D eigenvalue weighted by atomic mass is 10.0. The van der Waals surface area contributed by atoms with Gasteiger partial charge in [-0.05, 0) is 87.9 Å². The molecule has 0 saturated carbocycles. The first-order valence-electron chi connectivity index (χ1n) is 25.4. The topological polar surface area (TPSA) is 436 Å². The number of carbonyl (C=O) groups is 9. The maximum absolute atomic E-state index is 14.6. The summed E-state index contributed by atoms with van der Waals surface area (Å²) in [5, 5.41) is 52.6. The molecule has 2 aromatic carbocycles. The van der Waals surface area contributed by atoms with Gasteiger partial charge in [-0.2, -0.15) is 0 Å². The number of aromatic nitrogens is 1. The molecule has 1 aliphatic rings. The molecule has 1 fully saturated rings. The number of guanidine groups is 2. The molecule has 0 radical (unpaired) electrons. The average Bonchev–Trinajstić information content (AvgIpc) is 3.78. The van der Waals surface area contributed by atoms with E-state index < -0.39 is 95.5 Å². The van der Waals surface area contributed by atoms with E-state index in [0.717, 1.165) is 10.9 Å². The lowest BCUT2D eigenvalue weighted by molar-refractivity contribution is -0.142. The van der Waals surface area contributed by atoms with Gasteiger partial charge in [-0.3, -0.25) is 49.2 Å². The summed E-state index contributed by atoms with van der Waals surface area (Å²) in [7, 11) is 0. The van der Waals surface area contributed by atoms with Crippen molar-refractivity contribution in [1.82, 2.24) is 58.2 Å². The smallest absolute Gasteiger partial charge is 0.326 e. The first kappa shape index (κ1) is 60.3. The largest absolute Gasteiger partial charge is 0.480 e. The number of nitrogens with two attached hydrogens (primary N) is 3. The summed E-state index contributed by atoms with van der Waals surface area (Å²) in [6, 6.07) is 6.24. The van der Waals surface area contributed by atoms with Crippen LogP contribution < -0.4 is 70.4 Å². The Hall–Kier alpha value is -8.29. The van der Waals surface area contributed by atoms with Crippen molar-refractivity contribution in [2.45, 2.75) is 133 Å². The average molecular weight is 1060 g/mol. The normalized spacial score (nSPS) is 21.0. The van der Waals surface area contributed by atoms with Gasteiger partial charge in [0.1, 0.15) is 42.3 Å². The van der Waals surface area contributed by atoms with E-state index in [-0.39, 0.29) is 109 Å². The molecule has 0 spiro atoms. The van der Waals surface area contributed by atoms with Crippen molar-refractivity contribution in [3.8, 4) is 0 Å². The number of aliphatic carboxylic acids is 1. The molecule has 7 atom stereocenters. The summed E-state index contributed by atoms with van der Waals surface area (Å²) in [4.78, 5) is 127. The molecular weight excluding hydrogens is 985 g/mol.